The second-order valence-corrected chi connectivity index (χ2v) is 0. The Morgan fingerprint density at radius 2 is 0.875 bits per heavy atom. The van der Waals surface area contributed by atoms with Crippen molar-refractivity contribution in [3.05, 3.63) is 0 Å². The summed E-state index contributed by atoms with van der Waals surface area (Å²) in [6.45, 7) is 0. The van der Waals surface area contributed by atoms with Gasteiger partial charge in [0.05, 0.1) is 0 Å². The van der Waals surface area contributed by atoms with Gasteiger partial charge in [-0.15, -0.1) is 0 Å². The Hall–Kier alpha value is 4.53. The van der Waals surface area contributed by atoms with Crippen molar-refractivity contribution in [3.63, 3.8) is 0 Å². The van der Waals surface area contributed by atoms with Crippen molar-refractivity contribution in [2.45, 2.75) is 0 Å². The first-order valence-corrected chi connectivity index (χ1v) is 0. The van der Waals surface area contributed by atoms with Crippen LogP contribution in [0.5, 0.6) is 0 Å². The van der Waals surface area contributed by atoms with Crippen molar-refractivity contribution in [2.75, 3.05) is 0 Å². The molecule has 0 aromatic carbocycles. The maximum atomic E-state index is 0. The molecule has 0 radical (unpaired) electrons. The zero-order valence-electron chi connectivity index (χ0n) is 8.21. The van der Waals surface area contributed by atoms with E-state index in [4.69, 9.17) is 0 Å². The van der Waals surface area contributed by atoms with Gasteiger partial charge in [0.25, 0.3) is 0 Å². The minimum Gasteiger partial charge on any atom is -1.00 e. The minimum atomic E-state index is 0. The van der Waals surface area contributed by atoms with Crippen LogP contribution in [0.1, 0.15) is 5.71 Å². The van der Waals surface area contributed by atoms with Gasteiger partial charge in [-0.25, -0.2) is 0 Å². The standard InChI is InChI=1S/Al.Ca.K.Na.3H2O.H4Si.7H/h;;;;3*1H2;1H4;;;;;;;/q;+2;2*+1;;;;;;;;4*-1. The van der Waals surface area contributed by atoms with E-state index in [2.05, 4.69) is 0 Å². The fourth-order valence-corrected chi connectivity index (χ4v) is 0. The first-order valence-electron chi connectivity index (χ1n) is 0. The molecule has 8 heavy (non-hydrogen) atoms. The fraction of sp³-hybridized carbons (Fsp3) is 0. The second-order valence-electron chi connectivity index (χ2n) is 0. The third kappa shape index (κ3) is 46.6. The smallest absolute Gasteiger partial charge is 1.00 e. The zero-order chi connectivity index (χ0) is 0. The van der Waals surface area contributed by atoms with Gasteiger partial charge in [-0.3, -0.25) is 0 Å². The average molecular weight is 222 g/mol. The van der Waals surface area contributed by atoms with Crippen LogP contribution in [0.25, 0.3) is 0 Å². The number of hydrogen-bond donors (Lipinski definition) is 0. The van der Waals surface area contributed by atoms with Crippen LogP contribution in [0.15, 0.2) is 0 Å². The molecule has 0 bridgehead atoms. The summed E-state index contributed by atoms with van der Waals surface area (Å²) in [5.74, 6) is 0. The summed E-state index contributed by atoms with van der Waals surface area (Å²) in [5.41, 5.74) is 0. The molecule has 0 aliphatic heterocycles. The minimum absolute atomic E-state index is 0. The molecule has 6 N–H and O–H groups in total. The van der Waals surface area contributed by atoms with Crippen LogP contribution in [-0.2, 0) is 0 Å². The van der Waals surface area contributed by atoms with Crippen LogP contribution < -0.4 is 80.9 Å². The Balaban J connectivity index is 0. The molecule has 0 heterocycles. The zero-order valence-corrected chi connectivity index (χ0v) is 11.5. The molecule has 0 rings (SSSR count). The molecule has 0 fully saturated rings. The van der Waals surface area contributed by atoms with Gasteiger partial charge < -0.3 is 22.1 Å². The maximum Gasteiger partial charge on any atom is 2.00 e. The summed E-state index contributed by atoms with van der Waals surface area (Å²) < 4.78 is 0. The number of rotatable bonds is 0. The van der Waals surface area contributed by atoms with Crippen molar-refractivity contribution < 1.29 is 103 Å². The van der Waals surface area contributed by atoms with Crippen LogP contribution in [0.3, 0.4) is 0 Å². The fourth-order valence-electron chi connectivity index (χ4n) is 0. The van der Waals surface area contributed by atoms with E-state index in [1.807, 2.05) is 0 Å². The van der Waals surface area contributed by atoms with Gasteiger partial charge in [0.15, 0.2) is 17.4 Å². The predicted octanol–water partition coefficient (Wildman–Crippen LogP) is -11.0. The van der Waals surface area contributed by atoms with Crippen molar-refractivity contribution in [1.29, 1.82) is 0 Å². The van der Waals surface area contributed by atoms with Crippen LogP contribution >= 0.6 is 0 Å². The molecular formula is H17AlCaKNaO3Si. The van der Waals surface area contributed by atoms with Crippen LogP contribution in [0.4, 0.5) is 0 Å². The predicted molar refractivity (Wildman–Crippen MR) is 42.3 cm³/mol. The molecule has 0 aliphatic carbocycles. The van der Waals surface area contributed by atoms with Gasteiger partial charge in [-0.1, -0.05) is 0 Å². The van der Waals surface area contributed by atoms with Crippen LogP contribution in [0, 0.1) is 0 Å². The van der Waals surface area contributed by atoms with Crippen molar-refractivity contribution in [1.82, 2.24) is 0 Å². The van der Waals surface area contributed by atoms with Gasteiger partial charge in [-0.05, 0) is 11.0 Å². The van der Waals surface area contributed by atoms with E-state index in [-0.39, 0.29) is 169 Å². The van der Waals surface area contributed by atoms with E-state index < -0.39 is 0 Å². The third-order valence-corrected chi connectivity index (χ3v) is 0. The first kappa shape index (κ1) is 81.2. The summed E-state index contributed by atoms with van der Waals surface area (Å²) in [7, 11) is 0. The third-order valence-electron chi connectivity index (χ3n) is 0. The van der Waals surface area contributed by atoms with Crippen LogP contribution in [-0.4, -0.2) is 82.5 Å². The topological polar surface area (TPSA) is 94.5 Å². The number of hydrogen-bond acceptors (Lipinski definition) is 0. The summed E-state index contributed by atoms with van der Waals surface area (Å²) >= 11 is 0. The van der Waals surface area contributed by atoms with Crippen molar-refractivity contribution >= 4 is 66.1 Å². The molecule has 0 aromatic rings. The largest absolute Gasteiger partial charge is 2.00 e. The molecule has 0 aromatic heterocycles. The van der Waals surface area contributed by atoms with E-state index in [1.54, 1.807) is 0 Å². The second kappa shape index (κ2) is 62.3. The van der Waals surface area contributed by atoms with E-state index in [0.717, 1.165) is 0 Å². The molecule has 0 saturated heterocycles. The molecule has 0 atom stereocenters. The van der Waals surface area contributed by atoms with Gasteiger partial charge in [0, 0.05) is 0 Å². The molecular weight excluding hydrogens is 205 g/mol. The van der Waals surface area contributed by atoms with Gasteiger partial charge in [0.2, 0.25) is 0 Å². The maximum absolute atomic E-state index is 0. The molecule has 0 aliphatic rings. The molecule has 3 nitrogen and oxygen atoms in total. The van der Waals surface area contributed by atoms with Gasteiger partial charge in [-0.2, -0.15) is 0 Å². The Morgan fingerprint density at radius 1 is 0.875 bits per heavy atom. The summed E-state index contributed by atoms with van der Waals surface area (Å²) in [5, 5.41) is 0. The molecule has 0 unspecified atom stereocenters. The Kier molecular flexibility index (Phi) is 633. The first-order chi connectivity index (χ1) is 0. The van der Waals surface area contributed by atoms with Gasteiger partial charge >= 0.3 is 119 Å². The molecule has 0 amide bonds. The Morgan fingerprint density at radius 3 is 0.875 bits per heavy atom. The SMILES string of the molecule is O.O.O.[AlH3].[Ca+2].[H-].[H-].[H-].[H-].[K+].[Na+].[SiH4]. The van der Waals surface area contributed by atoms with E-state index >= 15 is 0 Å². The normalized spacial score (nSPS) is 0. The molecule has 46 valence electrons. The van der Waals surface area contributed by atoms with Crippen molar-refractivity contribution in [2.24, 2.45) is 0 Å². The van der Waals surface area contributed by atoms with E-state index in [9.17, 15) is 0 Å². The van der Waals surface area contributed by atoms with E-state index in [1.165, 1.54) is 0 Å². The summed E-state index contributed by atoms with van der Waals surface area (Å²) in [6, 6.07) is 0. The molecule has 0 spiro atoms. The van der Waals surface area contributed by atoms with E-state index in [0.29, 0.717) is 0 Å². The average Bonchev–Trinajstić information content (AvgIpc) is 0. The Bertz CT molecular complexity index is 30.3. The summed E-state index contributed by atoms with van der Waals surface area (Å²) in [6.07, 6.45) is 0. The quantitative estimate of drug-likeness (QED) is 0.364. The van der Waals surface area contributed by atoms with Crippen LogP contribution in [0.2, 0.25) is 0 Å². The van der Waals surface area contributed by atoms with Crippen molar-refractivity contribution in [3.8, 4) is 0 Å². The summed E-state index contributed by atoms with van der Waals surface area (Å²) in [4.78, 5) is 0. The Labute approximate surface area is 165 Å². The molecule has 0 saturated carbocycles. The monoisotopic (exact) mass is 222 g/mol. The van der Waals surface area contributed by atoms with Gasteiger partial charge in [0.1, 0.15) is 0 Å². The molecule has 8 heteroatoms.